The van der Waals surface area contributed by atoms with Crippen LogP contribution in [0.4, 0.5) is 0 Å². The smallest absolute Gasteiger partial charge is 0.291 e. The van der Waals surface area contributed by atoms with Crippen molar-refractivity contribution >= 4 is 16.8 Å². The second-order valence-electron chi connectivity index (χ2n) is 7.13. The molecule has 1 aromatic heterocycles. The molecule has 6 nitrogen and oxygen atoms in total. The lowest BCUT2D eigenvalue weighted by Gasteiger charge is -2.18. The van der Waals surface area contributed by atoms with E-state index in [0.717, 1.165) is 22.4 Å². The normalized spacial score (nSPS) is 12.0. The Kier molecular flexibility index (Phi) is 5.40. The number of hydrogen-bond donors (Lipinski definition) is 3. The Bertz CT molecular complexity index is 1080. The van der Waals surface area contributed by atoms with Crippen LogP contribution in [0, 0.1) is 20.8 Å². The zero-order valence-corrected chi connectivity index (χ0v) is 16.4. The number of aromatic nitrogens is 1. The number of aromatic hydroxyl groups is 1. The van der Waals surface area contributed by atoms with Gasteiger partial charge in [-0.2, -0.15) is 0 Å². The lowest BCUT2D eigenvalue weighted by molar-refractivity contribution is 0.0925. The van der Waals surface area contributed by atoms with Crippen molar-refractivity contribution in [1.29, 1.82) is 0 Å². The first-order valence-electron chi connectivity index (χ1n) is 9.13. The van der Waals surface area contributed by atoms with Gasteiger partial charge in [0.25, 0.3) is 11.5 Å². The van der Waals surface area contributed by atoms with Gasteiger partial charge in [0.05, 0.1) is 11.6 Å². The van der Waals surface area contributed by atoms with E-state index < -0.39 is 17.2 Å². The number of amides is 1. The van der Waals surface area contributed by atoms with Crippen molar-refractivity contribution in [2.75, 3.05) is 6.61 Å². The minimum Gasteiger partial charge on any atom is -0.502 e. The van der Waals surface area contributed by atoms with E-state index in [2.05, 4.69) is 10.3 Å². The number of pyridine rings is 1. The average molecular weight is 380 g/mol. The van der Waals surface area contributed by atoms with Gasteiger partial charge in [0.2, 0.25) is 0 Å². The molecule has 0 saturated heterocycles. The van der Waals surface area contributed by atoms with E-state index in [1.165, 1.54) is 0 Å². The zero-order valence-electron chi connectivity index (χ0n) is 16.4. The van der Waals surface area contributed by atoms with Crippen LogP contribution in [-0.2, 0) is 0 Å². The number of ether oxygens (including phenoxy) is 1. The number of nitrogens with one attached hydrogen (secondary N) is 2. The molecule has 6 heteroatoms. The average Bonchev–Trinajstić information content (AvgIpc) is 2.62. The van der Waals surface area contributed by atoms with Gasteiger partial charge in [-0.1, -0.05) is 29.8 Å². The highest BCUT2D eigenvalue weighted by Crippen LogP contribution is 2.24. The Morgan fingerprint density at radius 1 is 1.18 bits per heavy atom. The Balaban J connectivity index is 1.82. The van der Waals surface area contributed by atoms with Gasteiger partial charge in [-0.25, -0.2) is 0 Å². The molecule has 0 aliphatic rings. The van der Waals surface area contributed by atoms with Gasteiger partial charge in [-0.05, 0) is 51.0 Å². The van der Waals surface area contributed by atoms with Crippen LogP contribution in [0.2, 0.25) is 0 Å². The van der Waals surface area contributed by atoms with E-state index in [1.807, 2.05) is 52.0 Å². The molecule has 2 aromatic carbocycles. The number of carbonyl (C=O) groups is 1. The lowest BCUT2D eigenvalue weighted by atomic mass is 10.0. The molecule has 1 atom stereocenters. The second kappa shape index (κ2) is 7.76. The molecule has 0 aliphatic heterocycles. The van der Waals surface area contributed by atoms with Crippen LogP contribution in [0.3, 0.4) is 0 Å². The number of aryl methyl sites for hydroxylation is 3. The number of carbonyl (C=O) groups excluding carboxylic acids is 1. The summed E-state index contributed by atoms with van der Waals surface area (Å²) >= 11 is 0. The third-order valence-corrected chi connectivity index (χ3v) is 4.64. The van der Waals surface area contributed by atoms with Crippen LogP contribution >= 0.6 is 0 Å². The first-order chi connectivity index (χ1) is 13.3. The summed E-state index contributed by atoms with van der Waals surface area (Å²) in [5, 5.41) is 13.5. The summed E-state index contributed by atoms with van der Waals surface area (Å²) in [6.45, 7) is 7.88. The molecule has 3 rings (SSSR count). The minimum absolute atomic E-state index is 0.0265. The number of hydrogen-bond acceptors (Lipinski definition) is 4. The molecule has 1 amide bonds. The van der Waals surface area contributed by atoms with Crippen LogP contribution in [0.5, 0.6) is 11.5 Å². The first kappa shape index (κ1) is 19.5. The van der Waals surface area contributed by atoms with E-state index in [1.54, 1.807) is 12.1 Å². The number of para-hydroxylation sites is 1. The van der Waals surface area contributed by atoms with Crippen molar-refractivity contribution in [2.45, 2.75) is 33.7 Å². The number of benzene rings is 2. The minimum atomic E-state index is -0.694. The Morgan fingerprint density at radius 2 is 1.86 bits per heavy atom. The van der Waals surface area contributed by atoms with E-state index in [-0.39, 0.29) is 18.2 Å². The third kappa shape index (κ3) is 3.86. The molecule has 0 fully saturated rings. The fraction of sp³-hybridized carbons (Fsp3) is 0.273. The van der Waals surface area contributed by atoms with Crippen molar-refractivity contribution < 1.29 is 14.6 Å². The van der Waals surface area contributed by atoms with E-state index >= 15 is 0 Å². The van der Waals surface area contributed by atoms with E-state index in [0.29, 0.717) is 10.9 Å². The summed E-state index contributed by atoms with van der Waals surface area (Å²) in [4.78, 5) is 27.4. The second-order valence-corrected chi connectivity index (χ2v) is 7.13. The molecule has 0 spiro atoms. The van der Waals surface area contributed by atoms with Crippen LogP contribution < -0.4 is 15.6 Å². The molecule has 0 bridgehead atoms. The monoisotopic (exact) mass is 380 g/mol. The first-order valence-corrected chi connectivity index (χ1v) is 9.13. The van der Waals surface area contributed by atoms with Gasteiger partial charge in [0, 0.05) is 10.9 Å². The maximum atomic E-state index is 12.8. The number of fused-ring (bicyclic) bond motifs is 1. The summed E-state index contributed by atoms with van der Waals surface area (Å²) in [6, 6.07) is 10.9. The lowest BCUT2D eigenvalue weighted by Crippen LogP contribution is -2.37. The molecule has 146 valence electrons. The van der Waals surface area contributed by atoms with Gasteiger partial charge < -0.3 is 20.1 Å². The fourth-order valence-electron chi connectivity index (χ4n) is 3.20. The van der Waals surface area contributed by atoms with Gasteiger partial charge in [0.1, 0.15) is 12.4 Å². The molecular weight excluding hydrogens is 356 g/mol. The Morgan fingerprint density at radius 3 is 2.54 bits per heavy atom. The number of aromatic amines is 1. The molecule has 3 aromatic rings. The van der Waals surface area contributed by atoms with Crippen LogP contribution in [0.1, 0.15) is 34.0 Å². The Hall–Kier alpha value is -3.28. The van der Waals surface area contributed by atoms with Crippen LogP contribution in [0.15, 0.2) is 41.2 Å². The molecule has 0 saturated carbocycles. The standard InChI is InChI=1S/C22H24N2O4/c1-12-8-9-17-16(10-12)18(19(25)22(27)24-17)21(26)23-15(4)11-28-20-13(2)6-5-7-14(20)3/h5-10,15,25H,11H2,1-4H3,(H,23,26)(H,24,27)/t15-/m1/s1. The maximum Gasteiger partial charge on any atom is 0.291 e. The number of rotatable bonds is 5. The summed E-state index contributed by atoms with van der Waals surface area (Å²) in [5.41, 5.74) is 2.74. The van der Waals surface area contributed by atoms with E-state index in [4.69, 9.17) is 4.74 Å². The summed E-state index contributed by atoms with van der Waals surface area (Å²) in [6.07, 6.45) is 0. The van der Waals surface area contributed by atoms with Gasteiger partial charge in [0.15, 0.2) is 5.75 Å². The van der Waals surface area contributed by atoms with Crippen molar-refractivity contribution in [3.63, 3.8) is 0 Å². The third-order valence-electron chi connectivity index (χ3n) is 4.64. The molecular formula is C22H24N2O4. The van der Waals surface area contributed by atoms with Crippen molar-refractivity contribution in [1.82, 2.24) is 10.3 Å². The molecule has 3 N–H and O–H groups in total. The zero-order chi connectivity index (χ0) is 20.4. The topological polar surface area (TPSA) is 91.4 Å². The van der Waals surface area contributed by atoms with Gasteiger partial charge >= 0.3 is 0 Å². The highest BCUT2D eigenvalue weighted by molar-refractivity contribution is 6.08. The summed E-state index contributed by atoms with van der Waals surface area (Å²) in [5.74, 6) is -0.307. The quantitative estimate of drug-likeness (QED) is 0.633. The summed E-state index contributed by atoms with van der Waals surface area (Å²) < 4.78 is 5.88. The van der Waals surface area contributed by atoms with Gasteiger partial charge in [-0.3, -0.25) is 9.59 Å². The SMILES string of the molecule is Cc1ccc2[nH]c(=O)c(O)c(C(=O)N[C@H](C)COc3c(C)cccc3C)c2c1. The molecule has 0 aliphatic carbocycles. The Labute approximate surface area is 163 Å². The molecule has 1 heterocycles. The molecule has 0 unspecified atom stereocenters. The predicted molar refractivity (Wildman–Crippen MR) is 109 cm³/mol. The van der Waals surface area contributed by atoms with E-state index in [9.17, 15) is 14.7 Å². The largest absolute Gasteiger partial charge is 0.502 e. The summed E-state index contributed by atoms with van der Waals surface area (Å²) in [7, 11) is 0. The van der Waals surface area contributed by atoms with Crippen molar-refractivity contribution in [2.24, 2.45) is 0 Å². The van der Waals surface area contributed by atoms with Crippen LogP contribution in [0.25, 0.3) is 10.9 Å². The van der Waals surface area contributed by atoms with Crippen molar-refractivity contribution in [3.8, 4) is 11.5 Å². The molecule has 28 heavy (non-hydrogen) atoms. The number of H-pyrrole nitrogens is 1. The fourth-order valence-corrected chi connectivity index (χ4v) is 3.20. The highest BCUT2D eigenvalue weighted by Gasteiger charge is 2.20. The van der Waals surface area contributed by atoms with Crippen LogP contribution in [-0.4, -0.2) is 28.6 Å². The van der Waals surface area contributed by atoms with Crippen molar-refractivity contribution in [3.05, 3.63) is 69.0 Å². The van der Waals surface area contributed by atoms with Gasteiger partial charge in [-0.15, -0.1) is 0 Å². The molecule has 0 radical (unpaired) electrons. The predicted octanol–water partition coefficient (Wildman–Crippen LogP) is 3.36. The maximum absolute atomic E-state index is 12.8. The highest BCUT2D eigenvalue weighted by atomic mass is 16.5.